The van der Waals surface area contributed by atoms with E-state index < -0.39 is 0 Å². The molecule has 24 heavy (non-hydrogen) atoms. The first kappa shape index (κ1) is 20.4. The van der Waals surface area contributed by atoms with Crippen LogP contribution in [0.2, 0.25) is 0 Å². The Bertz CT molecular complexity index is 636. The molecule has 2 N–H and O–H groups in total. The molecule has 0 radical (unpaired) electrons. The summed E-state index contributed by atoms with van der Waals surface area (Å²) in [4.78, 5) is 8.46. The Morgan fingerprint density at radius 3 is 2.50 bits per heavy atom. The molecule has 6 nitrogen and oxygen atoms in total. The fraction of sp³-hybridized carbons (Fsp3) is 0.471. The molecule has 132 valence electrons. The number of aromatic nitrogens is 3. The first-order valence-electron chi connectivity index (χ1n) is 7.81. The molecule has 0 saturated heterocycles. The van der Waals surface area contributed by atoms with Crippen LogP contribution in [-0.4, -0.2) is 34.3 Å². The highest BCUT2D eigenvalue weighted by Crippen LogP contribution is 2.20. The Kier molecular flexibility index (Phi) is 8.17. The van der Waals surface area contributed by atoms with E-state index in [1.165, 1.54) is 5.56 Å². The monoisotopic (exact) mass is 442 g/mol. The third kappa shape index (κ3) is 6.46. The Morgan fingerprint density at radius 2 is 1.92 bits per heavy atom. The molecule has 0 saturated carbocycles. The van der Waals surface area contributed by atoms with Crippen molar-refractivity contribution in [2.24, 2.45) is 17.5 Å². The number of nitrogens with one attached hydrogen (secondary N) is 2. The quantitative estimate of drug-likeness (QED) is 0.410. The molecule has 2 aromatic rings. The molecule has 1 aromatic heterocycles. The molecule has 1 aromatic carbocycles. The standard InChI is InChI=1S/C17H26N6.HI/c1-17(2,10-14-8-6-5-7-9-14)12-20-16(18-3)19-11-15-21-13-22-23(15)4;/h5-9,13H,10-12H2,1-4H3,(H2,18,19,20);1H. The van der Waals surface area contributed by atoms with Crippen molar-refractivity contribution in [1.29, 1.82) is 0 Å². The molecule has 0 aliphatic rings. The van der Waals surface area contributed by atoms with Crippen molar-refractivity contribution in [1.82, 2.24) is 25.4 Å². The van der Waals surface area contributed by atoms with Gasteiger partial charge >= 0.3 is 0 Å². The fourth-order valence-electron chi connectivity index (χ4n) is 2.40. The maximum Gasteiger partial charge on any atom is 0.191 e. The summed E-state index contributed by atoms with van der Waals surface area (Å²) < 4.78 is 1.75. The van der Waals surface area contributed by atoms with Gasteiger partial charge in [-0.2, -0.15) is 5.10 Å². The first-order chi connectivity index (χ1) is 11.0. The van der Waals surface area contributed by atoms with E-state index in [1.807, 2.05) is 13.1 Å². The summed E-state index contributed by atoms with van der Waals surface area (Å²) >= 11 is 0. The zero-order valence-electron chi connectivity index (χ0n) is 14.8. The van der Waals surface area contributed by atoms with Crippen LogP contribution in [0.4, 0.5) is 0 Å². The maximum atomic E-state index is 4.26. The highest BCUT2D eigenvalue weighted by atomic mass is 127. The van der Waals surface area contributed by atoms with E-state index in [9.17, 15) is 0 Å². The van der Waals surface area contributed by atoms with Crippen molar-refractivity contribution < 1.29 is 0 Å². The van der Waals surface area contributed by atoms with Gasteiger partial charge in [0.05, 0.1) is 6.54 Å². The van der Waals surface area contributed by atoms with E-state index in [-0.39, 0.29) is 29.4 Å². The Morgan fingerprint density at radius 1 is 1.21 bits per heavy atom. The van der Waals surface area contributed by atoms with Crippen molar-refractivity contribution in [3.8, 4) is 0 Å². The van der Waals surface area contributed by atoms with Gasteiger partial charge in [-0.25, -0.2) is 4.98 Å². The van der Waals surface area contributed by atoms with Crippen molar-refractivity contribution in [2.45, 2.75) is 26.8 Å². The highest BCUT2D eigenvalue weighted by molar-refractivity contribution is 14.0. The van der Waals surface area contributed by atoms with Crippen molar-refractivity contribution in [2.75, 3.05) is 13.6 Å². The Hall–Kier alpha value is -1.64. The van der Waals surface area contributed by atoms with Gasteiger partial charge in [-0.1, -0.05) is 44.2 Å². The van der Waals surface area contributed by atoms with Gasteiger partial charge in [0.15, 0.2) is 5.96 Å². The number of hydrogen-bond acceptors (Lipinski definition) is 3. The largest absolute Gasteiger partial charge is 0.356 e. The molecule has 2 rings (SSSR count). The molecule has 0 atom stereocenters. The lowest BCUT2D eigenvalue weighted by Gasteiger charge is -2.26. The van der Waals surface area contributed by atoms with Gasteiger partial charge in [0.2, 0.25) is 0 Å². The van der Waals surface area contributed by atoms with E-state index in [4.69, 9.17) is 0 Å². The van der Waals surface area contributed by atoms with Gasteiger partial charge in [-0.05, 0) is 17.4 Å². The van der Waals surface area contributed by atoms with Crippen molar-refractivity contribution in [3.05, 3.63) is 48.0 Å². The van der Waals surface area contributed by atoms with Crippen molar-refractivity contribution >= 4 is 29.9 Å². The molecule has 0 aliphatic carbocycles. The smallest absolute Gasteiger partial charge is 0.191 e. The van der Waals surface area contributed by atoms with Crippen LogP contribution in [0.3, 0.4) is 0 Å². The molecule has 0 fully saturated rings. The third-order valence-electron chi connectivity index (χ3n) is 3.70. The molecular weight excluding hydrogens is 415 g/mol. The molecule has 0 spiro atoms. The first-order valence-corrected chi connectivity index (χ1v) is 7.81. The van der Waals surface area contributed by atoms with Crippen LogP contribution in [-0.2, 0) is 20.0 Å². The van der Waals surface area contributed by atoms with Gasteiger partial charge in [0.1, 0.15) is 12.2 Å². The van der Waals surface area contributed by atoms with Crippen molar-refractivity contribution in [3.63, 3.8) is 0 Å². The van der Waals surface area contributed by atoms with Gasteiger partial charge in [0.25, 0.3) is 0 Å². The second-order valence-corrected chi connectivity index (χ2v) is 6.41. The second-order valence-electron chi connectivity index (χ2n) is 6.41. The summed E-state index contributed by atoms with van der Waals surface area (Å²) in [6.07, 6.45) is 2.57. The topological polar surface area (TPSA) is 67.1 Å². The molecule has 0 unspecified atom stereocenters. The van der Waals surface area contributed by atoms with Crippen LogP contribution in [0.25, 0.3) is 0 Å². The highest BCUT2D eigenvalue weighted by Gasteiger charge is 2.19. The zero-order valence-corrected chi connectivity index (χ0v) is 17.1. The second kappa shape index (κ2) is 9.61. The molecule has 0 bridgehead atoms. The van der Waals surface area contributed by atoms with E-state index in [1.54, 1.807) is 18.1 Å². The van der Waals surface area contributed by atoms with Gasteiger partial charge in [-0.15, -0.1) is 24.0 Å². The van der Waals surface area contributed by atoms with Crippen LogP contribution < -0.4 is 10.6 Å². The summed E-state index contributed by atoms with van der Waals surface area (Å²) in [5.74, 6) is 1.64. The van der Waals surface area contributed by atoms with E-state index >= 15 is 0 Å². The number of benzene rings is 1. The van der Waals surface area contributed by atoms with Crippen LogP contribution in [0.15, 0.2) is 41.7 Å². The molecular formula is C17H27IN6. The SMILES string of the molecule is CN=C(NCc1ncnn1C)NCC(C)(C)Cc1ccccc1.I. The summed E-state index contributed by atoms with van der Waals surface area (Å²) in [7, 11) is 3.65. The lowest BCUT2D eigenvalue weighted by atomic mass is 9.86. The summed E-state index contributed by atoms with van der Waals surface area (Å²) in [6, 6.07) is 10.6. The summed E-state index contributed by atoms with van der Waals surface area (Å²) in [5, 5.41) is 10.7. The Balaban J connectivity index is 0.00000288. The van der Waals surface area contributed by atoms with E-state index in [2.05, 4.69) is 63.8 Å². The van der Waals surface area contributed by atoms with E-state index in [0.717, 1.165) is 24.7 Å². The van der Waals surface area contributed by atoms with Gasteiger partial charge in [0, 0.05) is 20.6 Å². The molecule has 0 amide bonds. The van der Waals surface area contributed by atoms with Crippen LogP contribution in [0.5, 0.6) is 0 Å². The van der Waals surface area contributed by atoms with Crippen LogP contribution in [0.1, 0.15) is 25.2 Å². The number of nitrogens with zero attached hydrogens (tertiary/aromatic N) is 4. The minimum atomic E-state index is 0. The number of aryl methyl sites for hydroxylation is 1. The lowest BCUT2D eigenvalue weighted by Crippen LogP contribution is -2.42. The number of hydrogen-bond donors (Lipinski definition) is 2. The van der Waals surface area contributed by atoms with Crippen LogP contribution in [0, 0.1) is 5.41 Å². The average Bonchev–Trinajstić information content (AvgIpc) is 2.93. The summed E-state index contributed by atoms with van der Waals surface area (Å²) in [5.41, 5.74) is 1.48. The van der Waals surface area contributed by atoms with E-state index in [0.29, 0.717) is 6.54 Å². The molecule has 7 heteroatoms. The van der Waals surface area contributed by atoms with Gasteiger partial charge in [-0.3, -0.25) is 9.67 Å². The molecule has 0 aliphatic heterocycles. The predicted molar refractivity (Wildman–Crippen MR) is 109 cm³/mol. The maximum absolute atomic E-state index is 4.26. The summed E-state index contributed by atoms with van der Waals surface area (Å²) in [6.45, 7) is 5.93. The normalized spacial score (nSPS) is 11.8. The zero-order chi connectivity index (χ0) is 16.7. The van der Waals surface area contributed by atoms with Crippen LogP contribution >= 0.6 is 24.0 Å². The average molecular weight is 442 g/mol. The fourth-order valence-corrected chi connectivity index (χ4v) is 2.40. The number of rotatable bonds is 6. The molecule has 1 heterocycles. The van der Waals surface area contributed by atoms with Gasteiger partial charge < -0.3 is 10.6 Å². The Labute approximate surface area is 161 Å². The minimum absolute atomic E-state index is 0. The third-order valence-corrected chi connectivity index (χ3v) is 3.70. The number of aliphatic imine (C=N–C) groups is 1. The minimum Gasteiger partial charge on any atom is -0.356 e. The lowest BCUT2D eigenvalue weighted by molar-refractivity contribution is 0.359. The predicted octanol–water partition coefficient (Wildman–Crippen LogP) is 2.37. The number of guanidine groups is 1. The number of halogens is 1.